The fourth-order valence-electron chi connectivity index (χ4n) is 2.13. The Balaban J connectivity index is 2.23. The molecule has 2 aromatic rings. The van der Waals surface area contributed by atoms with E-state index in [0.29, 0.717) is 5.69 Å². The van der Waals surface area contributed by atoms with E-state index in [1.165, 1.54) is 12.1 Å². The minimum atomic E-state index is -0.718. The highest BCUT2D eigenvalue weighted by Crippen LogP contribution is 2.29. The molecule has 0 bridgehead atoms. The number of carbonyl (C=O) groups excluding carboxylic acids is 1. The standard InChI is InChI=1S/C13H9F2N3O/c14-6-2-1-3-7(15)11(6)9-4-8(16)12-10(18-9)5-17-13(12)19/h1-4H,5H2,(H2,16,18)(H,17,19). The van der Waals surface area contributed by atoms with Gasteiger partial charge in [0.15, 0.2) is 0 Å². The highest BCUT2D eigenvalue weighted by atomic mass is 19.1. The second-order valence-electron chi connectivity index (χ2n) is 4.20. The van der Waals surface area contributed by atoms with Crippen molar-refractivity contribution in [3.8, 4) is 11.3 Å². The van der Waals surface area contributed by atoms with Gasteiger partial charge in [-0.15, -0.1) is 0 Å². The summed E-state index contributed by atoms with van der Waals surface area (Å²) in [6, 6.07) is 4.88. The number of aromatic nitrogens is 1. The molecule has 96 valence electrons. The molecule has 6 heteroatoms. The molecule has 0 fully saturated rings. The molecule has 1 amide bonds. The summed E-state index contributed by atoms with van der Waals surface area (Å²) < 4.78 is 27.4. The number of halogens is 2. The highest BCUT2D eigenvalue weighted by molar-refractivity contribution is 6.03. The summed E-state index contributed by atoms with van der Waals surface area (Å²) in [5, 5.41) is 2.56. The van der Waals surface area contributed by atoms with E-state index in [1.807, 2.05) is 0 Å². The summed E-state index contributed by atoms with van der Waals surface area (Å²) in [6.07, 6.45) is 0. The van der Waals surface area contributed by atoms with Crippen molar-refractivity contribution in [2.45, 2.75) is 6.54 Å². The Hall–Kier alpha value is -2.50. The van der Waals surface area contributed by atoms with Crippen LogP contribution >= 0.6 is 0 Å². The number of amides is 1. The van der Waals surface area contributed by atoms with Crippen molar-refractivity contribution in [3.05, 3.63) is 47.2 Å². The maximum absolute atomic E-state index is 13.7. The van der Waals surface area contributed by atoms with Crippen LogP contribution < -0.4 is 11.1 Å². The second kappa shape index (κ2) is 4.01. The summed E-state index contributed by atoms with van der Waals surface area (Å²) in [6.45, 7) is 0.211. The molecule has 0 unspecified atom stereocenters. The molecule has 1 aliphatic rings. The molecular weight excluding hydrogens is 252 g/mol. The number of hydrogen-bond donors (Lipinski definition) is 2. The number of benzene rings is 1. The average molecular weight is 261 g/mol. The fraction of sp³-hybridized carbons (Fsp3) is 0.0769. The Morgan fingerprint density at radius 3 is 2.58 bits per heavy atom. The Morgan fingerprint density at radius 1 is 1.21 bits per heavy atom. The SMILES string of the molecule is Nc1cc(-c2c(F)cccc2F)nc2c1C(=O)NC2. The lowest BCUT2D eigenvalue weighted by atomic mass is 10.1. The van der Waals surface area contributed by atoms with Crippen molar-refractivity contribution in [2.24, 2.45) is 0 Å². The van der Waals surface area contributed by atoms with E-state index in [0.717, 1.165) is 12.1 Å². The number of rotatable bonds is 1. The van der Waals surface area contributed by atoms with Crippen LogP contribution in [0, 0.1) is 11.6 Å². The van der Waals surface area contributed by atoms with Crippen LogP contribution in [0.25, 0.3) is 11.3 Å². The molecule has 0 radical (unpaired) electrons. The molecule has 3 rings (SSSR count). The number of nitrogens with one attached hydrogen (secondary N) is 1. The number of nitrogen functional groups attached to an aromatic ring is 1. The molecule has 19 heavy (non-hydrogen) atoms. The molecule has 0 spiro atoms. The molecule has 0 atom stereocenters. The minimum Gasteiger partial charge on any atom is -0.398 e. The number of carbonyl (C=O) groups is 1. The molecule has 0 saturated heterocycles. The molecule has 4 nitrogen and oxygen atoms in total. The zero-order valence-corrected chi connectivity index (χ0v) is 9.71. The van der Waals surface area contributed by atoms with E-state index in [9.17, 15) is 13.6 Å². The van der Waals surface area contributed by atoms with Crippen LogP contribution in [0.2, 0.25) is 0 Å². The summed E-state index contributed by atoms with van der Waals surface area (Å²) in [5.41, 5.74) is 6.45. The van der Waals surface area contributed by atoms with E-state index in [-0.39, 0.29) is 35.0 Å². The van der Waals surface area contributed by atoms with E-state index < -0.39 is 11.6 Å². The second-order valence-corrected chi connectivity index (χ2v) is 4.20. The van der Waals surface area contributed by atoms with Gasteiger partial charge < -0.3 is 11.1 Å². The van der Waals surface area contributed by atoms with Gasteiger partial charge >= 0.3 is 0 Å². The van der Waals surface area contributed by atoms with Crippen molar-refractivity contribution < 1.29 is 13.6 Å². The molecule has 0 saturated carbocycles. The lowest BCUT2D eigenvalue weighted by Gasteiger charge is -2.08. The van der Waals surface area contributed by atoms with Crippen LogP contribution in [0.15, 0.2) is 24.3 Å². The average Bonchev–Trinajstić information content (AvgIpc) is 2.71. The zero-order chi connectivity index (χ0) is 13.6. The summed E-state index contributed by atoms with van der Waals surface area (Å²) in [7, 11) is 0. The van der Waals surface area contributed by atoms with Crippen LogP contribution in [0.5, 0.6) is 0 Å². The Bertz CT molecular complexity index is 680. The van der Waals surface area contributed by atoms with E-state index in [2.05, 4.69) is 10.3 Å². The number of nitrogens with two attached hydrogens (primary N) is 1. The summed E-state index contributed by atoms with van der Waals surface area (Å²) in [5.74, 6) is -1.76. The third-order valence-corrected chi connectivity index (χ3v) is 2.99. The van der Waals surface area contributed by atoms with E-state index >= 15 is 0 Å². The highest BCUT2D eigenvalue weighted by Gasteiger charge is 2.25. The van der Waals surface area contributed by atoms with Crippen molar-refractivity contribution in [2.75, 3.05) is 5.73 Å². The van der Waals surface area contributed by atoms with Crippen molar-refractivity contribution in [1.82, 2.24) is 10.3 Å². The van der Waals surface area contributed by atoms with Crippen LogP contribution in [-0.4, -0.2) is 10.9 Å². The van der Waals surface area contributed by atoms with Gasteiger partial charge in [0, 0.05) is 5.69 Å². The van der Waals surface area contributed by atoms with E-state index in [4.69, 9.17) is 5.73 Å². The van der Waals surface area contributed by atoms with Crippen LogP contribution in [0.1, 0.15) is 16.1 Å². The minimum absolute atomic E-state index is 0.0864. The number of pyridine rings is 1. The fourth-order valence-corrected chi connectivity index (χ4v) is 2.13. The number of anilines is 1. The van der Waals surface area contributed by atoms with Crippen molar-refractivity contribution >= 4 is 11.6 Å². The van der Waals surface area contributed by atoms with Gasteiger partial charge in [-0.25, -0.2) is 13.8 Å². The number of nitrogens with zero attached hydrogens (tertiary/aromatic N) is 1. The summed E-state index contributed by atoms with van der Waals surface area (Å²) in [4.78, 5) is 15.6. The monoisotopic (exact) mass is 261 g/mol. The first kappa shape index (κ1) is 11.6. The van der Waals surface area contributed by atoms with E-state index in [1.54, 1.807) is 0 Å². The molecule has 1 aliphatic heterocycles. The third-order valence-electron chi connectivity index (χ3n) is 2.99. The molecule has 2 heterocycles. The van der Waals surface area contributed by atoms with Gasteiger partial charge in [0.25, 0.3) is 5.91 Å². The predicted molar refractivity (Wildman–Crippen MR) is 65.2 cm³/mol. The predicted octanol–water partition coefficient (Wildman–Crippen LogP) is 1.85. The van der Waals surface area contributed by atoms with Gasteiger partial charge in [0.2, 0.25) is 0 Å². The Kier molecular flexibility index (Phi) is 2.45. The van der Waals surface area contributed by atoms with Crippen molar-refractivity contribution in [3.63, 3.8) is 0 Å². The first-order chi connectivity index (χ1) is 9.08. The third kappa shape index (κ3) is 1.72. The maximum atomic E-state index is 13.7. The topological polar surface area (TPSA) is 68.0 Å². The Labute approximate surface area is 107 Å². The molecular formula is C13H9F2N3O. The van der Waals surface area contributed by atoms with Gasteiger partial charge in [0.05, 0.1) is 29.1 Å². The van der Waals surface area contributed by atoms with Gasteiger partial charge in [-0.1, -0.05) is 6.07 Å². The molecule has 1 aromatic heterocycles. The van der Waals surface area contributed by atoms with Gasteiger partial charge in [-0.05, 0) is 18.2 Å². The number of hydrogen-bond acceptors (Lipinski definition) is 3. The summed E-state index contributed by atoms with van der Waals surface area (Å²) >= 11 is 0. The molecule has 3 N–H and O–H groups in total. The van der Waals surface area contributed by atoms with Crippen LogP contribution in [0.4, 0.5) is 14.5 Å². The lowest BCUT2D eigenvalue weighted by molar-refractivity contribution is 0.0966. The first-order valence-corrected chi connectivity index (χ1v) is 5.60. The normalized spacial score (nSPS) is 13.3. The van der Waals surface area contributed by atoms with Gasteiger partial charge in [-0.2, -0.15) is 0 Å². The van der Waals surface area contributed by atoms with Gasteiger partial charge in [-0.3, -0.25) is 4.79 Å². The quantitative estimate of drug-likeness (QED) is 0.823. The van der Waals surface area contributed by atoms with Crippen molar-refractivity contribution in [1.29, 1.82) is 0 Å². The zero-order valence-electron chi connectivity index (χ0n) is 9.71. The largest absolute Gasteiger partial charge is 0.398 e. The van der Waals surface area contributed by atoms with Gasteiger partial charge in [0.1, 0.15) is 11.6 Å². The Morgan fingerprint density at radius 2 is 1.89 bits per heavy atom. The number of fused-ring (bicyclic) bond motifs is 1. The maximum Gasteiger partial charge on any atom is 0.255 e. The lowest BCUT2D eigenvalue weighted by Crippen LogP contribution is -2.13. The van der Waals surface area contributed by atoms with Crippen LogP contribution in [-0.2, 0) is 6.54 Å². The molecule has 0 aliphatic carbocycles. The first-order valence-electron chi connectivity index (χ1n) is 5.60. The smallest absolute Gasteiger partial charge is 0.255 e. The van der Waals surface area contributed by atoms with Crippen LogP contribution in [0.3, 0.4) is 0 Å². The molecule has 1 aromatic carbocycles.